The number of benzene rings is 2. The van der Waals surface area contributed by atoms with Crippen LogP contribution in [-0.4, -0.2) is 57.8 Å². The van der Waals surface area contributed by atoms with Crippen LogP contribution >= 0.6 is 0 Å². The summed E-state index contributed by atoms with van der Waals surface area (Å²) in [5, 5.41) is 8.23. The van der Waals surface area contributed by atoms with Gasteiger partial charge in [0.15, 0.2) is 0 Å². The average molecular weight is 562 g/mol. The van der Waals surface area contributed by atoms with E-state index in [2.05, 4.69) is 10.2 Å². The topological polar surface area (TPSA) is 63.5 Å². The SMILES string of the molecule is C[C@@H]1CN(Cc2cc3c(c(C(F)(F)F)c2)CN(c2cccc(C4(c5nncn5C)COC4)c2)C3=O)CCC1(F)F. The molecule has 40 heavy (non-hydrogen) atoms. The lowest BCUT2D eigenvalue weighted by molar-refractivity contribution is -0.138. The fraction of sp³-hybridized carbons (Fsp3) is 0.464. The van der Waals surface area contributed by atoms with E-state index < -0.39 is 34.9 Å². The summed E-state index contributed by atoms with van der Waals surface area (Å²) >= 11 is 0. The second-order valence-corrected chi connectivity index (χ2v) is 11.1. The molecule has 6 rings (SSSR count). The third-order valence-electron chi connectivity index (χ3n) is 8.37. The summed E-state index contributed by atoms with van der Waals surface area (Å²) in [5.74, 6) is -3.54. The zero-order valence-corrected chi connectivity index (χ0v) is 22.0. The number of ether oxygens (including phenoxy) is 1. The Kier molecular flexibility index (Phi) is 6.26. The van der Waals surface area contributed by atoms with Crippen LogP contribution in [0.15, 0.2) is 42.7 Å². The molecule has 2 fully saturated rings. The van der Waals surface area contributed by atoms with Crippen LogP contribution in [0.4, 0.5) is 27.6 Å². The van der Waals surface area contributed by atoms with Crippen molar-refractivity contribution in [3.05, 3.63) is 76.4 Å². The highest BCUT2D eigenvalue weighted by Crippen LogP contribution is 2.43. The maximum Gasteiger partial charge on any atom is 0.416 e. The summed E-state index contributed by atoms with van der Waals surface area (Å²) in [4.78, 5) is 16.6. The molecule has 1 aromatic heterocycles. The number of hydrogen-bond acceptors (Lipinski definition) is 5. The quantitative estimate of drug-likeness (QED) is 0.420. The first-order chi connectivity index (χ1) is 18.9. The zero-order chi connectivity index (χ0) is 28.4. The van der Waals surface area contributed by atoms with Crippen molar-refractivity contribution in [3.8, 4) is 0 Å². The van der Waals surface area contributed by atoms with Crippen LogP contribution < -0.4 is 4.90 Å². The van der Waals surface area contributed by atoms with Crippen LogP contribution in [0.3, 0.4) is 0 Å². The molecule has 7 nitrogen and oxygen atoms in total. The first-order valence-electron chi connectivity index (χ1n) is 13.1. The highest BCUT2D eigenvalue weighted by Gasteiger charge is 2.47. The van der Waals surface area contributed by atoms with Crippen LogP contribution in [-0.2, 0) is 36.5 Å². The highest BCUT2D eigenvalue weighted by molar-refractivity contribution is 6.10. The number of hydrogen-bond donors (Lipinski definition) is 0. The van der Waals surface area contributed by atoms with Gasteiger partial charge in [-0.15, -0.1) is 10.2 Å². The Labute approximate surface area is 227 Å². The monoisotopic (exact) mass is 561 g/mol. The Bertz CT molecular complexity index is 1470. The Morgan fingerprint density at radius 3 is 2.55 bits per heavy atom. The normalized spacial score (nSPS) is 22.3. The molecule has 0 bridgehead atoms. The first kappa shape index (κ1) is 26.8. The van der Waals surface area contributed by atoms with Gasteiger partial charge in [-0.05, 0) is 41.0 Å². The molecule has 0 aliphatic carbocycles. The van der Waals surface area contributed by atoms with E-state index in [1.807, 2.05) is 13.1 Å². The van der Waals surface area contributed by atoms with Crippen molar-refractivity contribution >= 4 is 11.6 Å². The number of aryl methyl sites for hydroxylation is 1. The summed E-state index contributed by atoms with van der Waals surface area (Å²) in [7, 11) is 1.83. The van der Waals surface area contributed by atoms with E-state index in [1.165, 1.54) is 17.9 Å². The van der Waals surface area contributed by atoms with E-state index in [4.69, 9.17) is 4.74 Å². The molecule has 3 aliphatic rings. The van der Waals surface area contributed by atoms with E-state index in [0.717, 1.165) is 11.6 Å². The van der Waals surface area contributed by atoms with E-state index in [1.54, 1.807) is 34.0 Å². The standard InChI is InChI=1S/C28H28F5N5O2/c1-17-11-37(7-6-27(17,29)30)12-18-8-21-22(23(9-18)28(31,32)33)13-38(24(21)39)20-5-3-4-19(10-20)26(14-40-15-26)25-35-34-16-36(25)2/h3-5,8-10,16-17H,6-7,11-15H2,1-2H3/t17-/m1/s1. The van der Waals surface area contributed by atoms with Crippen molar-refractivity contribution in [2.45, 2.75) is 43.9 Å². The van der Waals surface area contributed by atoms with E-state index in [0.29, 0.717) is 24.7 Å². The highest BCUT2D eigenvalue weighted by atomic mass is 19.4. The molecule has 1 atom stereocenters. The molecule has 0 N–H and O–H groups in total. The van der Waals surface area contributed by atoms with E-state index in [-0.39, 0.29) is 49.3 Å². The van der Waals surface area contributed by atoms with Gasteiger partial charge in [0.1, 0.15) is 17.6 Å². The number of rotatable bonds is 5. The molecule has 3 aromatic rings. The third-order valence-corrected chi connectivity index (χ3v) is 8.37. The average Bonchev–Trinajstić information content (AvgIpc) is 3.44. The fourth-order valence-corrected chi connectivity index (χ4v) is 6.01. The van der Waals surface area contributed by atoms with Crippen LogP contribution in [0.1, 0.15) is 51.8 Å². The summed E-state index contributed by atoms with van der Waals surface area (Å²) < 4.78 is 77.9. The lowest BCUT2D eigenvalue weighted by Crippen LogP contribution is -2.49. The van der Waals surface area contributed by atoms with E-state index in [9.17, 15) is 26.7 Å². The Balaban J connectivity index is 1.32. The maximum atomic E-state index is 14.2. The molecule has 212 valence electrons. The van der Waals surface area contributed by atoms with E-state index >= 15 is 0 Å². The van der Waals surface area contributed by atoms with Gasteiger partial charge in [-0.3, -0.25) is 9.69 Å². The molecule has 0 unspecified atom stereocenters. The molecule has 2 aromatic carbocycles. The van der Waals surface area contributed by atoms with Crippen LogP contribution in [0.5, 0.6) is 0 Å². The van der Waals surface area contributed by atoms with Gasteiger partial charge in [0.25, 0.3) is 11.8 Å². The van der Waals surface area contributed by atoms with Crippen LogP contribution in [0, 0.1) is 5.92 Å². The summed E-state index contributed by atoms with van der Waals surface area (Å²) in [6.45, 7) is 2.12. The van der Waals surface area contributed by atoms with Gasteiger partial charge in [0.05, 0.1) is 25.3 Å². The molecule has 0 radical (unpaired) electrons. The molecular weight excluding hydrogens is 533 g/mol. The minimum Gasteiger partial charge on any atom is -0.378 e. The number of anilines is 1. The van der Waals surface area contributed by atoms with Gasteiger partial charge < -0.3 is 14.2 Å². The Hall–Kier alpha value is -3.38. The van der Waals surface area contributed by atoms with Crippen molar-refractivity contribution in [1.82, 2.24) is 19.7 Å². The number of fused-ring (bicyclic) bond motifs is 1. The van der Waals surface area contributed by atoms with Gasteiger partial charge in [0, 0.05) is 50.3 Å². The number of alkyl halides is 5. The van der Waals surface area contributed by atoms with Gasteiger partial charge in [-0.25, -0.2) is 8.78 Å². The van der Waals surface area contributed by atoms with Crippen molar-refractivity contribution in [1.29, 1.82) is 0 Å². The number of nitrogens with zero attached hydrogens (tertiary/aromatic N) is 5. The van der Waals surface area contributed by atoms with Crippen molar-refractivity contribution in [2.75, 3.05) is 31.2 Å². The number of aromatic nitrogens is 3. The van der Waals surface area contributed by atoms with Gasteiger partial charge in [0.2, 0.25) is 0 Å². The van der Waals surface area contributed by atoms with Crippen molar-refractivity contribution in [2.24, 2.45) is 13.0 Å². The Morgan fingerprint density at radius 1 is 1.15 bits per heavy atom. The third kappa shape index (κ3) is 4.37. The van der Waals surface area contributed by atoms with Crippen molar-refractivity contribution < 1.29 is 31.5 Å². The lowest BCUT2D eigenvalue weighted by atomic mass is 9.77. The van der Waals surface area contributed by atoms with Crippen molar-refractivity contribution in [3.63, 3.8) is 0 Å². The molecule has 0 spiro atoms. The fourth-order valence-electron chi connectivity index (χ4n) is 6.01. The lowest BCUT2D eigenvalue weighted by Gasteiger charge is -2.41. The largest absolute Gasteiger partial charge is 0.416 e. The number of halogens is 5. The predicted molar refractivity (Wildman–Crippen MR) is 135 cm³/mol. The Morgan fingerprint density at radius 2 is 1.93 bits per heavy atom. The molecule has 1 amide bonds. The van der Waals surface area contributed by atoms with Gasteiger partial charge >= 0.3 is 6.18 Å². The smallest absolute Gasteiger partial charge is 0.378 e. The molecule has 0 saturated carbocycles. The maximum absolute atomic E-state index is 14.2. The molecule has 3 aliphatic heterocycles. The molecule has 12 heteroatoms. The van der Waals surface area contributed by atoms with Gasteiger partial charge in [-0.2, -0.15) is 13.2 Å². The minimum absolute atomic E-state index is 0.0133. The molecule has 4 heterocycles. The summed E-state index contributed by atoms with van der Waals surface area (Å²) in [5.41, 5.74) is 0.0213. The van der Waals surface area contributed by atoms with Crippen LogP contribution in [0.2, 0.25) is 0 Å². The first-order valence-corrected chi connectivity index (χ1v) is 13.1. The number of carbonyl (C=O) groups is 1. The number of carbonyl (C=O) groups excluding carboxylic acids is 1. The summed E-state index contributed by atoms with van der Waals surface area (Å²) in [6, 6.07) is 9.68. The molecular formula is C28H28F5N5O2. The van der Waals surface area contributed by atoms with Gasteiger partial charge in [-0.1, -0.05) is 19.1 Å². The number of amides is 1. The minimum atomic E-state index is -4.68. The number of piperidine rings is 1. The molecule has 2 saturated heterocycles. The number of likely N-dealkylation sites (tertiary alicyclic amines) is 1. The zero-order valence-electron chi connectivity index (χ0n) is 22.0. The summed E-state index contributed by atoms with van der Waals surface area (Å²) in [6.07, 6.45) is -3.44. The predicted octanol–water partition coefficient (Wildman–Crippen LogP) is 4.79. The second kappa shape index (κ2) is 9.34. The second-order valence-electron chi connectivity index (χ2n) is 11.1. The van der Waals surface area contributed by atoms with Crippen LogP contribution in [0.25, 0.3) is 0 Å².